The van der Waals surface area contributed by atoms with Crippen LogP contribution in [0.15, 0.2) is 23.8 Å². The number of hydrogen-bond donors (Lipinski definition) is 6. The van der Waals surface area contributed by atoms with Gasteiger partial charge in [0.2, 0.25) is 11.6 Å². The van der Waals surface area contributed by atoms with Crippen LogP contribution in [-0.2, 0) is 25.6 Å². The van der Waals surface area contributed by atoms with Crippen LogP contribution >= 0.6 is 17.9 Å². The molecule has 204 valence electrons. The van der Waals surface area contributed by atoms with Crippen LogP contribution in [0.3, 0.4) is 0 Å². The third-order valence-corrected chi connectivity index (χ3v) is 7.62. The third kappa shape index (κ3) is 4.73. The molecule has 21 heteroatoms. The summed E-state index contributed by atoms with van der Waals surface area (Å²) in [5, 5.41) is 20.1. The van der Waals surface area contributed by atoms with Gasteiger partial charge in [-0.25, -0.2) is 28.7 Å². The van der Waals surface area contributed by atoms with E-state index in [9.17, 15) is 15.0 Å². The number of thiol groups is 1. The highest BCUT2D eigenvalue weighted by atomic mass is 32.9. The Labute approximate surface area is 220 Å². The number of ether oxygens (including phenoxy) is 1. The fourth-order valence-electron chi connectivity index (χ4n) is 3.86. The molecular formula is C17H19F2N10O6PS2. The van der Waals surface area contributed by atoms with Crippen LogP contribution in [0.4, 0.5) is 20.5 Å². The highest BCUT2D eigenvalue weighted by molar-refractivity contribution is 8.60. The first-order chi connectivity index (χ1) is 18.0. The number of aromatic amines is 1. The second-order valence-electron chi connectivity index (χ2n) is 7.96. The summed E-state index contributed by atoms with van der Waals surface area (Å²) >= 11 is 9.26. The van der Waals surface area contributed by atoms with E-state index >= 15 is 8.78 Å². The molecule has 4 aromatic heterocycles. The SMILES string of the molecule is Nc1nc2c(ncn2[C@@H]2O[C@H](CO)[C@@H](F)[C@H]2OP(=S)(S)OC(F)[C@@H](O)n2cnc3c(N)ncnc32)c(=O)[nH]1. The Hall–Kier alpha value is -2.84. The summed E-state index contributed by atoms with van der Waals surface area (Å²) < 4.78 is 48.6. The molecule has 0 saturated carbocycles. The fourth-order valence-corrected chi connectivity index (χ4v) is 5.94. The van der Waals surface area contributed by atoms with E-state index in [2.05, 4.69) is 42.2 Å². The Kier molecular flexibility index (Phi) is 7.07. The maximum Gasteiger partial charge on any atom is 0.280 e. The van der Waals surface area contributed by atoms with E-state index in [-0.39, 0.29) is 34.1 Å². The smallest absolute Gasteiger partial charge is 0.280 e. The molecule has 4 aromatic rings. The first kappa shape index (κ1) is 26.8. The quantitative estimate of drug-likeness (QED) is 0.114. The van der Waals surface area contributed by atoms with E-state index in [0.29, 0.717) is 0 Å². The van der Waals surface area contributed by atoms with Gasteiger partial charge >= 0.3 is 0 Å². The predicted molar refractivity (Wildman–Crippen MR) is 134 cm³/mol. The van der Waals surface area contributed by atoms with Crippen molar-refractivity contribution in [2.45, 2.75) is 37.2 Å². The van der Waals surface area contributed by atoms with Crippen molar-refractivity contribution in [1.29, 1.82) is 0 Å². The average Bonchev–Trinajstić information content (AvgIpc) is 3.55. The van der Waals surface area contributed by atoms with E-state index in [1.807, 2.05) is 0 Å². The van der Waals surface area contributed by atoms with E-state index in [1.54, 1.807) is 0 Å². The van der Waals surface area contributed by atoms with Gasteiger partial charge in [0.1, 0.15) is 24.1 Å². The number of nitrogens with one attached hydrogen (secondary N) is 1. The zero-order valence-electron chi connectivity index (χ0n) is 18.8. The molecule has 7 atom stereocenters. The molecule has 38 heavy (non-hydrogen) atoms. The van der Waals surface area contributed by atoms with Gasteiger partial charge in [-0.3, -0.25) is 23.4 Å². The molecule has 16 nitrogen and oxygen atoms in total. The van der Waals surface area contributed by atoms with Crippen LogP contribution in [-0.4, -0.2) is 80.6 Å². The van der Waals surface area contributed by atoms with Crippen molar-refractivity contribution in [3.05, 3.63) is 29.3 Å². The summed E-state index contributed by atoms with van der Waals surface area (Å²) in [4.78, 5) is 33.9. The Morgan fingerprint density at radius 1 is 1.26 bits per heavy atom. The number of nitrogens with two attached hydrogens (primary N) is 2. The standard InChI is InChI=1S/C17H19F2N10O6PS2/c18-6-5(1-30)33-16(29-4-25-8-13(29)26-17(21)27-14(8)31)9(6)34-36(37,38)35-10(19)15(32)28-3-24-7-11(20)22-2-23-12(7)28/h2-6,9-10,15-16,30,32H,1H2,(H,37,38)(H2,20,22,23)(H3,21,26,27,31)/t5-,6-,9-,10?,15-,16-/m1/s1. The van der Waals surface area contributed by atoms with Crippen molar-refractivity contribution in [1.82, 2.24) is 39.0 Å². The first-order valence-corrected chi connectivity index (χ1v) is 14.4. The molecule has 0 aliphatic carbocycles. The zero-order valence-corrected chi connectivity index (χ0v) is 21.4. The summed E-state index contributed by atoms with van der Waals surface area (Å²) in [6.45, 7) is -0.750. The molecule has 0 aromatic carbocycles. The molecule has 1 fully saturated rings. The van der Waals surface area contributed by atoms with Crippen molar-refractivity contribution >= 4 is 63.8 Å². The van der Waals surface area contributed by atoms with Crippen LogP contribution in [0.25, 0.3) is 22.3 Å². The minimum absolute atomic E-state index is 0.00452. The number of nitrogen functional groups attached to an aromatic ring is 2. The largest absolute Gasteiger partial charge is 0.394 e. The summed E-state index contributed by atoms with van der Waals surface area (Å²) in [6, 6.07) is 0. The number of hydrogen-bond acceptors (Lipinski definition) is 14. The van der Waals surface area contributed by atoms with Gasteiger partial charge in [-0.15, -0.1) is 0 Å². The number of fused-ring (bicyclic) bond motifs is 2. The molecule has 5 heterocycles. The summed E-state index contributed by atoms with van der Waals surface area (Å²) in [5.74, 6) is -0.240. The molecule has 7 N–H and O–H groups in total. The summed E-state index contributed by atoms with van der Waals surface area (Å²) in [6.07, 6.45) is -7.67. The minimum atomic E-state index is -3.96. The van der Waals surface area contributed by atoms with Gasteiger partial charge in [0.15, 0.2) is 41.3 Å². The fraction of sp³-hybridized carbons (Fsp3) is 0.412. The Bertz CT molecular complexity index is 1600. The van der Waals surface area contributed by atoms with Crippen molar-refractivity contribution in [3.63, 3.8) is 0 Å². The van der Waals surface area contributed by atoms with E-state index < -0.39 is 55.1 Å². The lowest BCUT2D eigenvalue weighted by molar-refractivity contribution is -0.0882. The number of aliphatic hydroxyl groups is 2. The second-order valence-corrected chi connectivity index (χ2v) is 13.2. The third-order valence-electron chi connectivity index (χ3n) is 5.56. The van der Waals surface area contributed by atoms with Crippen molar-refractivity contribution in [2.75, 3.05) is 18.1 Å². The Morgan fingerprint density at radius 2 is 2.00 bits per heavy atom. The van der Waals surface area contributed by atoms with Crippen molar-refractivity contribution in [2.24, 2.45) is 0 Å². The molecule has 1 aliphatic rings. The maximum absolute atomic E-state index is 15.3. The van der Waals surface area contributed by atoms with Crippen LogP contribution in [0.1, 0.15) is 12.5 Å². The molecule has 0 spiro atoms. The van der Waals surface area contributed by atoms with Crippen molar-refractivity contribution < 1.29 is 32.8 Å². The minimum Gasteiger partial charge on any atom is -0.394 e. The highest BCUT2D eigenvalue weighted by Crippen LogP contribution is 2.59. The molecule has 0 amide bonds. The number of nitrogens with zero attached hydrogens (tertiary/aromatic N) is 7. The maximum atomic E-state index is 15.3. The lowest BCUT2D eigenvalue weighted by Gasteiger charge is -2.28. The molecule has 1 saturated heterocycles. The van der Waals surface area contributed by atoms with Gasteiger partial charge in [-0.05, 0) is 11.8 Å². The monoisotopic (exact) mass is 592 g/mol. The normalized spacial score (nSPS) is 25.1. The number of imidazole rings is 2. The van der Waals surface area contributed by atoms with Crippen LogP contribution < -0.4 is 17.0 Å². The number of halogens is 2. The highest BCUT2D eigenvalue weighted by Gasteiger charge is 2.49. The average molecular weight is 593 g/mol. The number of aliphatic hydroxyl groups excluding tert-OH is 2. The number of aromatic nitrogens is 8. The van der Waals surface area contributed by atoms with Crippen LogP contribution in [0.2, 0.25) is 0 Å². The predicted octanol–water partition coefficient (Wildman–Crippen LogP) is -0.306. The van der Waals surface area contributed by atoms with Gasteiger partial charge in [0.05, 0.1) is 19.3 Å². The second kappa shape index (κ2) is 10.0. The van der Waals surface area contributed by atoms with E-state index in [0.717, 1.165) is 28.1 Å². The molecule has 5 rings (SSSR count). The lowest BCUT2D eigenvalue weighted by Crippen LogP contribution is -2.32. The molecule has 0 bridgehead atoms. The Morgan fingerprint density at radius 3 is 2.74 bits per heavy atom. The van der Waals surface area contributed by atoms with E-state index in [4.69, 9.17) is 37.1 Å². The number of rotatable bonds is 8. The van der Waals surface area contributed by atoms with Gasteiger partial charge < -0.3 is 30.9 Å². The van der Waals surface area contributed by atoms with E-state index in [1.165, 1.54) is 0 Å². The summed E-state index contributed by atoms with van der Waals surface area (Å²) in [5.41, 5.74) is 6.61. The lowest BCUT2D eigenvalue weighted by atomic mass is 10.1. The number of anilines is 2. The van der Waals surface area contributed by atoms with Crippen LogP contribution in [0.5, 0.6) is 0 Å². The van der Waals surface area contributed by atoms with Gasteiger partial charge in [0, 0.05) is 0 Å². The number of H-pyrrole nitrogens is 1. The van der Waals surface area contributed by atoms with Crippen molar-refractivity contribution in [3.8, 4) is 0 Å². The molecule has 2 unspecified atom stereocenters. The molecule has 1 aliphatic heterocycles. The van der Waals surface area contributed by atoms with Gasteiger partial charge in [-0.2, -0.15) is 4.98 Å². The number of alkyl halides is 2. The summed E-state index contributed by atoms with van der Waals surface area (Å²) in [7, 11) is 0. The van der Waals surface area contributed by atoms with Gasteiger partial charge in [0.25, 0.3) is 11.9 Å². The molecule has 0 radical (unpaired) electrons. The van der Waals surface area contributed by atoms with Gasteiger partial charge in [-0.1, -0.05) is 12.2 Å². The molecular weight excluding hydrogens is 573 g/mol. The van der Waals surface area contributed by atoms with Crippen LogP contribution in [0, 0.1) is 0 Å². The first-order valence-electron chi connectivity index (χ1n) is 10.6. The topological polar surface area (TPSA) is 227 Å². The Balaban J connectivity index is 1.40. The zero-order chi connectivity index (χ0) is 27.4.